The Balaban J connectivity index is 1.48. The molecule has 27 heavy (non-hydrogen) atoms. The molecule has 0 aromatic heterocycles. The number of halogens is 1. The van der Waals surface area contributed by atoms with Gasteiger partial charge in [-0.25, -0.2) is 0 Å². The predicted octanol–water partition coefficient (Wildman–Crippen LogP) is 7.02. The van der Waals surface area contributed by atoms with Crippen LogP contribution in [0.2, 0.25) is 0 Å². The van der Waals surface area contributed by atoms with Crippen molar-refractivity contribution >= 4 is 33.0 Å². The molecule has 0 bridgehead atoms. The lowest BCUT2D eigenvalue weighted by atomic mass is 9.77. The van der Waals surface area contributed by atoms with Gasteiger partial charge in [0, 0.05) is 27.5 Å². The van der Waals surface area contributed by atoms with E-state index in [4.69, 9.17) is 0 Å². The van der Waals surface area contributed by atoms with Gasteiger partial charge in [-0.2, -0.15) is 0 Å². The third-order valence-corrected chi connectivity index (χ3v) is 6.18. The van der Waals surface area contributed by atoms with E-state index in [1.165, 1.54) is 16.8 Å². The van der Waals surface area contributed by atoms with Crippen LogP contribution in [0.5, 0.6) is 0 Å². The van der Waals surface area contributed by atoms with Gasteiger partial charge in [0.2, 0.25) is 0 Å². The van der Waals surface area contributed by atoms with Gasteiger partial charge in [0.05, 0.1) is 6.04 Å². The lowest BCUT2D eigenvalue weighted by molar-refractivity contribution is 0.425. The van der Waals surface area contributed by atoms with E-state index in [1.807, 2.05) is 6.07 Å². The third kappa shape index (κ3) is 3.17. The predicted molar refractivity (Wildman–Crippen MR) is 117 cm³/mol. The molecule has 0 saturated carbocycles. The van der Waals surface area contributed by atoms with Gasteiger partial charge >= 0.3 is 0 Å². The van der Waals surface area contributed by atoms with Gasteiger partial charge in [-0.05, 0) is 65.9 Å². The molecule has 3 unspecified atom stereocenters. The van der Waals surface area contributed by atoms with E-state index in [9.17, 15) is 0 Å². The van der Waals surface area contributed by atoms with Gasteiger partial charge in [0.25, 0.3) is 0 Å². The highest BCUT2D eigenvalue weighted by Gasteiger charge is 2.37. The zero-order valence-corrected chi connectivity index (χ0v) is 16.5. The van der Waals surface area contributed by atoms with Crippen LogP contribution >= 0.6 is 15.9 Å². The van der Waals surface area contributed by atoms with Crippen LogP contribution in [-0.4, -0.2) is 0 Å². The maximum Gasteiger partial charge on any atom is 0.0553 e. The van der Waals surface area contributed by atoms with Crippen molar-refractivity contribution in [3.05, 3.63) is 101 Å². The Morgan fingerprint density at radius 3 is 2.52 bits per heavy atom. The summed E-state index contributed by atoms with van der Waals surface area (Å²) in [5.74, 6) is 1.03. The zero-order valence-electron chi connectivity index (χ0n) is 14.9. The quantitative estimate of drug-likeness (QED) is 0.448. The number of hydrogen-bond acceptors (Lipinski definition) is 2. The minimum Gasteiger partial charge on any atom is -0.378 e. The lowest BCUT2D eigenvalue weighted by Crippen LogP contribution is -2.29. The Bertz CT molecular complexity index is 979. The summed E-state index contributed by atoms with van der Waals surface area (Å²) in [4.78, 5) is 0. The van der Waals surface area contributed by atoms with E-state index in [0.29, 0.717) is 17.9 Å². The maximum atomic E-state index is 3.81. The summed E-state index contributed by atoms with van der Waals surface area (Å²) in [5.41, 5.74) is 6.25. The lowest BCUT2D eigenvalue weighted by Gasteiger charge is -2.37. The second-order valence-corrected chi connectivity index (χ2v) is 8.24. The molecule has 3 atom stereocenters. The Labute approximate surface area is 168 Å². The number of para-hydroxylation sites is 1. The summed E-state index contributed by atoms with van der Waals surface area (Å²) in [5, 5.41) is 7.34. The highest BCUT2D eigenvalue weighted by Crippen LogP contribution is 2.50. The van der Waals surface area contributed by atoms with Crippen molar-refractivity contribution in [1.82, 2.24) is 0 Å². The van der Waals surface area contributed by atoms with Crippen molar-refractivity contribution in [2.75, 3.05) is 10.6 Å². The third-order valence-electron chi connectivity index (χ3n) is 5.65. The first-order chi connectivity index (χ1) is 13.3. The van der Waals surface area contributed by atoms with Crippen LogP contribution in [-0.2, 0) is 0 Å². The van der Waals surface area contributed by atoms with Gasteiger partial charge in [-0.3, -0.25) is 0 Å². The summed E-state index contributed by atoms with van der Waals surface area (Å²) in [6.07, 6.45) is 5.85. The fourth-order valence-electron chi connectivity index (χ4n) is 4.36. The SMILES string of the molecule is Brc1ccc(C2Nc3ccc(Nc4ccccc4)cc3C3C=CCC32)cc1. The minimum atomic E-state index is 0.346. The molecule has 1 aliphatic carbocycles. The summed E-state index contributed by atoms with van der Waals surface area (Å²) < 4.78 is 1.13. The Morgan fingerprint density at radius 1 is 0.889 bits per heavy atom. The molecule has 0 radical (unpaired) electrons. The van der Waals surface area contributed by atoms with Crippen LogP contribution in [0.1, 0.15) is 29.5 Å². The van der Waals surface area contributed by atoms with Crippen LogP contribution in [0.15, 0.2) is 89.4 Å². The summed E-state index contributed by atoms with van der Waals surface area (Å²) in [6.45, 7) is 0. The standard InChI is InChI=1S/C24H21BrN2/c25-17-11-9-16(10-12-17)24-21-8-4-7-20(21)22-15-19(13-14-23(22)27-24)26-18-5-2-1-3-6-18/h1-7,9-15,20-21,24,26-27H,8H2. The molecule has 3 aromatic carbocycles. The number of nitrogens with one attached hydrogen (secondary N) is 2. The molecule has 5 rings (SSSR count). The number of hydrogen-bond donors (Lipinski definition) is 2. The van der Waals surface area contributed by atoms with Crippen molar-refractivity contribution in [2.45, 2.75) is 18.4 Å². The van der Waals surface area contributed by atoms with E-state index in [-0.39, 0.29) is 0 Å². The van der Waals surface area contributed by atoms with Crippen LogP contribution in [0.25, 0.3) is 0 Å². The molecule has 134 valence electrons. The topological polar surface area (TPSA) is 24.1 Å². The van der Waals surface area contributed by atoms with Crippen LogP contribution in [0, 0.1) is 5.92 Å². The molecule has 1 aliphatic heterocycles. The highest BCUT2D eigenvalue weighted by atomic mass is 79.9. The number of fused-ring (bicyclic) bond motifs is 3. The normalized spacial score (nSPS) is 22.6. The molecule has 0 saturated heterocycles. The molecule has 3 heteroatoms. The molecule has 3 aromatic rings. The van der Waals surface area contributed by atoms with E-state index in [0.717, 1.165) is 22.3 Å². The van der Waals surface area contributed by atoms with Crippen molar-refractivity contribution in [3.63, 3.8) is 0 Å². The molecule has 2 N–H and O–H groups in total. The molecular formula is C24H21BrN2. The molecule has 0 spiro atoms. The molecule has 1 heterocycles. The fourth-order valence-corrected chi connectivity index (χ4v) is 4.62. The van der Waals surface area contributed by atoms with Gasteiger partial charge in [-0.1, -0.05) is 58.4 Å². The van der Waals surface area contributed by atoms with Crippen molar-refractivity contribution in [2.24, 2.45) is 5.92 Å². The average Bonchev–Trinajstić information content (AvgIpc) is 3.19. The number of benzene rings is 3. The van der Waals surface area contributed by atoms with E-state index in [2.05, 4.69) is 105 Å². The fraction of sp³-hybridized carbons (Fsp3) is 0.167. The van der Waals surface area contributed by atoms with Crippen LogP contribution < -0.4 is 10.6 Å². The number of rotatable bonds is 3. The van der Waals surface area contributed by atoms with E-state index >= 15 is 0 Å². The maximum absolute atomic E-state index is 3.81. The number of anilines is 3. The first-order valence-electron chi connectivity index (χ1n) is 9.42. The highest BCUT2D eigenvalue weighted by molar-refractivity contribution is 9.10. The van der Waals surface area contributed by atoms with Gasteiger partial charge in [0.1, 0.15) is 0 Å². The second kappa shape index (κ2) is 6.90. The van der Waals surface area contributed by atoms with Gasteiger partial charge < -0.3 is 10.6 Å². The Kier molecular flexibility index (Phi) is 4.25. The van der Waals surface area contributed by atoms with Crippen molar-refractivity contribution < 1.29 is 0 Å². The summed E-state index contributed by atoms with van der Waals surface area (Å²) in [6, 6.07) is 26.1. The molecule has 2 nitrogen and oxygen atoms in total. The Hall–Kier alpha value is -2.52. The zero-order chi connectivity index (χ0) is 18.2. The first-order valence-corrected chi connectivity index (χ1v) is 10.2. The van der Waals surface area contributed by atoms with Gasteiger partial charge in [0.15, 0.2) is 0 Å². The van der Waals surface area contributed by atoms with E-state index < -0.39 is 0 Å². The van der Waals surface area contributed by atoms with E-state index in [1.54, 1.807) is 0 Å². The number of allylic oxidation sites excluding steroid dienone is 2. The molecule has 2 aliphatic rings. The molecular weight excluding hydrogens is 396 g/mol. The monoisotopic (exact) mass is 416 g/mol. The molecule has 0 amide bonds. The van der Waals surface area contributed by atoms with Crippen molar-refractivity contribution in [1.29, 1.82) is 0 Å². The van der Waals surface area contributed by atoms with Crippen molar-refractivity contribution in [3.8, 4) is 0 Å². The van der Waals surface area contributed by atoms with Gasteiger partial charge in [-0.15, -0.1) is 0 Å². The minimum absolute atomic E-state index is 0.346. The average molecular weight is 417 g/mol. The molecule has 0 fully saturated rings. The smallest absolute Gasteiger partial charge is 0.0553 e. The summed E-state index contributed by atoms with van der Waals surface area (Å²) in [7, 11) is 0. The Morgan fingerprint density at radius 2 is 1.70 bits per heavy atom. The second-order valence-electron chi connectivity index (χ2n) is 7.32. The van der Waals surface area contributed by atoms with Crippen LogP contribution in [0.3, 0.4) is 0 Å². The van der Waals surface area contributed by atoms with Crippen LogP contribution in [0.4, 0.5) is 17.1 Å². The summed E-state index contributed by atoms with van der Waals surface area (Å²) >= 11 is 3.55. The first kappa shape index (κ1) is 16.6. The largest absolute Gasteiger partial charge is 0.378 e.